The molecule has 0 fully saturated rings. The lowest BCUT2D eigenvalue weighted by atomic mass is 10.1. The number of carbonyl (C=O) groups excluding carboxylic acids is 1. The van der Waals surface area contributed by atoms with Gasteiger partial charge in [-0.05, 0) is 12.0 Å². The molecule has 0 aliphatic carbocycles. The van der Waals surface area contributed by atoms with Gasteiger partial charge in [-0.1, -0.05) is 72.0 Å². The number of anilines is 1. The molecule has 1 N–H and O–H groups in total. The lowest BCUT2D eigenvalue weighted by molar-refractivity contribution is -0.116. The van der Waals surface area contributed by atoms with E-state index in [2.05, 4.69) is 15.4 Å². The van der Waals surface area contributed by atoms with Crippen molar-refractivity contribution in [3.63, 3.8) is 0 Å². The Kier molecular flexibility index (Phi) is 4.26. The number of aryl methyl sites for hydroxylation is 1. The molecule has 2 aromatic heterocycles. The second-order valence-corrected chi connectivity index (χ2v) is 6.62. The predicted octanol–water partition coefficient (Wildman–Crippen LogP) is 4.03. The van der Waals surface area contributed by atoms with Crippen LogP contribution in [0.1, 0.15) is 12.0 Å². The molecule has 124 valence electrons. The lowest BCUT2D eigenvalue weighted by Gasteiger charge is -2.01. The fourth-order valence-electron chi connectivity index (χ4n) is 2.58. The van der Waals surface area contributed by atoms with Gasteiger partial charge in [-0.3, -0.25) is 4.79 Å². The summed E-state index contributed by atoms with van der Waals surface area (Å²) in [5.41, 5.74) is 3.08. The molecule has 2 aromatic carbocycles. The summed E-state index contributed by atoms with van der Waals surface area (Å²) in [5.74, 6) is -0.0378. The minimum atomic E-state index is -0.0378. The van der Waals surface area contributed by atoms with Crippen LogP contribution in [-0.2, 0) is 11.2 Å². The van der Waals surface area contributed by atoms with E-state index in [1.54, 1.807) is 4.52 Å². The van der Waals surface area contributed by atoms with E-state index >= 15 is 0 Å². The van der Waals surface area contributed by atoms with Gasteiger partial charge < -0.3 is 5.32 Å². The molecule has 0 saturated heterocycles. The molecule has 0 aliphatic heterocycles. The van der Waals surface area contributed by atoms with Gasteiger partial charge in [0.25, 0.3) is 0 Å². The van der Waals surface area contributed by atoms with E-state index < -0.39 is 0 Å². The van der Waals surface area contributed by atoms with Crippen LogP contribution in [0.15, 0.2) is 66.9 Å². The average Bonchev–Trinajstić information content (AvgIpc) is 3.20. The van der Waals surface area contributed by atoms with Crippen LogP contribution >= 0.6 is 11.3 Å². The molecule has 5 nitrogen and oxygen atoms in total. The molecule has 1 amide bonds. The Bertz CT molecular complexity index is 961. The first-order valence-electron chi connectivity index (χ1n) is 8.03. The molecule has 0 spiro atoms. The minimum Gasteiger partial charge on any atom is -0.301 e. The summed E-state index contributed by atoms with van der Waals surface area (Å²) in [4.78, 5) is 17.4. The van der Waals surface area contributed by atoms with Crippen LogP contribution in [0.2, 0.25) is 0 Å². The maximum Gasteiger partial charge on any atom is 0.226 e. The van der Waals surface area contributed by atoms with E-state index in [1.165, 1.54) is 11.3 Å². The highest BCUT2D eigenvalue weighted by Crippen LogP contribution is 2.24. The third kappa shape index (κ3) is 3.59. The predicted molar refractivity (Wildman–Crippen MR) is 99.7 cm³/mol. The van der Waals surface area contributed by atoms with Crippen molar-refractivity contribution < 1.29 is 4.79 Å². The fourth-order valence-corrected chi connectivity index (χ4v) is 3.38. The van der Waals surface area contributed by atoms with E-state index in [-0.39, 0.29) is 5.91 Å². The second kappa shape index (κ2) is 6.86. The van der Waals surface area contributed by atoms with Gasteiger partial charge in [-0.25, -0.2) is 9.50 Å². The summed E-state index contributed by atoms with van der Waals surface area (Å²) < 4.78 is 1.71. The highest BCUT2D eigenvalue weighted by Gasteiger charge is 2.11. The smallest absolute Gasteiger partial charge is 0.226 e. The van der Waals surface area contributed by atoms with Gasteiger partial charge in [0.15, 0.2) is 0 Å². The zero-order valence-corrected chi connectivity index (χ0v) is 14.2. The fraction of sp³-hybridized carbons (Fsp3) is 0.105. The number of fused-ring (bicyclic) bond motifs is 1. The van der Waals surface area contributed by atoms with E-state index in [9.17, 15) is 4.79 Å². The van der Waals surface area contributed by atoms with Crippen molar-refractivity contribution in [1.29, 1.82) is 0 Å². The Morgan fingerprint density at radius 1 is 1.04 bits per heavy atom. The summed E-state index contributed by atoms with van der Waals surface area (Å²) in [6.45, 7) is 0. The molecule has 6 heteroatoms. The van der Waals surface area contributed by atoms with Crippen molar-refractivity contribution in [3.8, 4) is 11.3 Å². The largest absolute Gasteiger partial charge is 0.301 e. The van der Waals surface area contributed by atoms with Crippen molar-refractivity contribution in [2.24, 2.45) is 0 Å². The summed E-state index contributed by atoms with van der Waals surface area (Å²) in [5, 5.41) is 7.82. The third-order valence-electron chi connectivity index (χ3n) is 3.84. The van der Waals surface area contributed by atoms with Crippen molar-refractivity contribution in [2.45, 2.75) is 12.8 Å². The van der Waals surface area contributed by atoms with Gasteiger partial charge in [-0.2, -0.15) is 0 Å². The number of amides is 1. The SMILES string of the molecule is O=C(CCc1ccccc1)Nc1nn2cc(-c3ccccc3)nc2s1. The van der Waals surface area contributed by atoms with Crippen molar-refractivity contribution in [2.75, 3.05) is 5.32 Å². The maximum absolute atomic E-state index is 12.1. The van der Waals surface area contributed by atoms with Crippen molar-refractivity contribution >= 4 is 27.3 Å². The Morgan fingerprint density at radius 3 is 2.48 bits per heavy atom. The maximum atomic E-state index is 12.1. The van der Waals surface area contributed by atoms with E-state index in [4.69, 9.17) is 0 Å². The van der Waals surface area contributed by atoms with Gasteiger partial charge >= 0.3 is 0 Å². The number of rotatable bonds is 5. The molecule has 2 heterocycles. The molecule has 0 bridgehead atoms. The Morgan fingerprint density at radius 2 is 1.76 bits per heavy atom. The van der Waals surface area contributed by atoms with Gasteiger partial charge in [-0.15, -0.1) is 5.10 Å². The van der Waals surface area contributed by atoms with E-state index in [0.717, 1.165) is 21.8 Å². The number of nitrogens with zero attached hydrogens (tertiary/aromatic N) is 3. The summed E-state index contributed by atoms with van der Waals surface area (Å²) in [6, 6.07) is 19.9. The van der Waals surface area contributed by atoms with Gasteiger partial charge in [0.05, 0.1) is 11.9 Å². The number of hydrogen-bond acceptors (Lipinski definition) is 4. The lowest BCUT2D eigenvalue weighted by Crippen LogP contribution is -2.12. The summed E-state index contributed by atoms with van der Waals surface area (Å²) in [6.07, 6.45) is 3.02. The molecule has 0 unspecified atom stereocenters. The minimum absolute atomic E-state index is 0.0378. The standard InChI is InChI=1S/C19H16N4OS/c24-17(12-11-14-7-3-1-4-8-14)21-18-22-23-13-16(20-19(23)25-18)15-9-5-2-6-10-15/h1-10,13H,11-12H2,(H,21,22,24). The first-order chi connectivity index (χ1) is 12.3. The Labute approximate surface area is 149 Å². The molecule has 0 saturated carbocycles. The average molecular weight is 348 g/mol. The number of imidazole rings is 1. The number of nitrogens with one attached hydrogen (secondary N) is 1. The van der Waals surface area contributed by atoms with Crippen LogP contribution in [0.5, 0.6) is 0 Å². The summed E-state index contributed by atoms with van der Waals surface area (Å²) >= 11 is 1.37. The highest BCUT2D eigenvalue weighted by atomic mass is 32.1. The van der Waals surface area contributed by atoms with Crippen LogP contribution in [0, 0.1) is 0 Å². The topological polar surface area (TPSA) is 59.3 Å². The van der Waals surface area contributed by atoms with Gasteiger partial charge in [0, 0.05) is 12.0 Å². The molecule has 0 atom stereocenters. The third-order valence-corrected chi connectivity index (χ3v) is 4.68. The molecule has 4 rings (SSSR count). The summed E-state index contributed by atoms with van der Waals surface area (Å²) in [7, 11) is 0. The van der Waals surface area contributed by atoms with Crippen molar-refractivity contribution in [1.82, 2.24) is 14.6 Å². The molecular formula is C19H16N4OS. The first kappa shape index (κ1) is 15.5. The highest BCUT2D eigenvalue weighted by molar-refractivity contribution is 7.20. The quantitative estimate of drug-likeness (QED) is 0.592. The number of aromatic nitrogens is 3. The molecule has 25 heavy (non-hydrogen) atoms. The van der Waals surface area contributed by atoms with E-state index in [1.807, 2.05) is 66.9 Å². The van der Waals surface area contributed by atoms with Crippen LogP contribution in [0.3, 0.4) is 0 Å². The normalized spacial score (nSPS) is 10.9. The molecule has 0 aliphatic rings. The van der Waals surface area contributed by atoms with Gasteiger partial charge in [0.2, 0.25) is 16.0 Å². The zero-order chi connectivity index (χ0) is 17.1. The molecule has 4 aromatic rings. The van der Waals surface area contributed by atoms with Crippen LogP contribution in [-0.4, -0.2) is 20.5 Å². The second-order valence-electron chi connectivity index (χ2n) is 5.66. The van der Waals surface area contributed by atoms with Gasteiger partial charge in [0.1, 0.15) is 0 Å². The monoisotopic (exact) mass is 348 g/mol. The molecule has 0 radical (unpaired) electrons. The van der Waals surface area contributed by atoms with Crippen molar-refractivity contribution in [3.05, 3.63) is 72.4 Å². The van der Waals surface area contributed by atoms with Crippen LogP contribution < -0.4 is 5.32 Å². The van der Waals surface area contributed by atoms with Crippen LogP contribution in [0.25, 0.3) is 16.2 Å². The molecular weight excluding hydrogens is 332 g/mol. The van der Waals surface area contributed by atoms with Crippen LogP contribution in [0.4, 0.5) is 5.13 Å². The Hall–Kier alpha value is -2.99. The number of carbonyl (C=O) groups is 1. The first-order valence-corrected chi connectivity index (χ1v) is 8.85. The number of benzene rings is 2. The number of hydrogen-bond donors (Lipinski definition) is 1. The zero-order valence-electron chi connectivity index (χ0n) is 13.4. The van der Waals surface area contributed by atoms with E-state index in [0.29, 0.717) is 18.0 Å². The Balaban J connectivity index is 1.42.